The van der Waals surface area contributed by atoms with E-state index in [4.69, 9.17) is 26.8 Å². The molecule has 2 unspecified atom stereocenters. The van der Waals surface area contributed by atoms with E-state index >= 15 is 0 Å². The molecule has 26 heavy (non-hydrogen) atoms. The lowest BCUT2D eigenvalue weighted by molar-refractivity contribution is 0.0900. The molecular formula is C17H30Cl2N2O4S. The fraction of sp³-hybridized carbons (Fsp3) is 0.647. The quantitative estimate of drug-likeness (QED) is 0.618. The number of hydrogen-bond donors (Lipinski definition) is 1. The predicted octanol–water partition coefficient (Wildman–Crippen LogP) is 3.17. The molecule has 0 aliphatic heterocycles. The fourth-order valence-electron chi connectivity index (χ4n) is 2.22. The third-order valence-electron chi connectivity index (χ3n) is 3.96. The summed E-state index contributed by atoms with van der Waals surface area (Å²) in [5.74, 6) is 0.546. The zero-order chi connectivity index (χ0) is 19.2. The van der Waals surface area contributed by atoms with E-state index in [-0.39, 0.29) is 41.1 Å². The monoisotopic (exact) mass is 428 g/mol. The first-order valence-electron chi connectivity index (χ1n) is 8.26. The van der Waals surface area contributed by atoms with E-state index in [1.807, 2.05) is 13.8 Å². The highest BCUT2D eigenvalue weighted by Crippen LogP contribution is 2.30. The average Bonchev–Trinajstić information content (AvgIpc) is 2.53. The second-order valence-electron chi connectivity index (χ2n) is 6.50. The number of benzene rings is 1. The molecule has 1 aromatic rings. The Hall–Kier alpha value is -0.570. The SMILES string of the molecule is COCC(C)Oc1ccc(Cl)cc1S(=O)(=O)N(C)CCC(N)C(C)C.Cl. The first-order valence-corrected chi connectivity index (χ1v) is 10.1. The summed E-state index contributed by atoms with van der Waals surface area (Å²) in [6.07, 6.45) is 0.282. The topological polar surface area (TPSA) is 81.9 Å². The van der Waals surface area contributed by atoms with E-state index in [2.05, 4.69) is 0 Å². The second kappa shape index (κ2) is 11.3. The summed E-state index contributed by atoms with van der Waals surface area (Å²) in [5, 5.41) is 0.331. The molecule has 0 amide bonds. The smallest absolute Gasteiger partial charge is 0.246 e. The van der Waals surface area contributed by atoms with Crippen LogP contribution in [0, 0.1) is 5.92 Å². The van der Waals surface area contributed by atoms with Gasteiger partial charge in [-0.25, -0.2) is 12.7 Å². The van der Waals surface area contributed by atoms with E-state index in [1.165, 1.54) is 17.4 Å². The van der Waals surface area contributed by atoms with Gasteiger partial charge in [-0.15, -0.1) is 12.4 Å². The summed E-state index contributed by atoms with van der Waals surface area (Å²) in [4.78, 5) is 0.0450. The normalized spacial score (nSPS) is 14.2. The Kier molecular flexibility index (Phi) is 11.1. The van der Waals surface area contributed by atoms with Crippen LogP contribution in [0.4, 0.5) is 0 Å². The van der Waals surface area contributed by atoms with Crippen molar-refractivity contribution in [3.05, 3.63) is 23.2 Å². The predicted molar refractivity (Wildman–Crippen MR) is 108 cm³/mol. The van der Waals surface area contributed by atoms with Gasteiger partial charge in [0.1, 0.15) is 16.7 Å². The molecule has 0 radical (unpaired) electrons. The molecule has 2 N–H and O–H groups in total. The van der Waals surface area contributed by atoms with Gasteiger partial charge < -0.3 is 15.2 Å². The van der Waals surface area contributed by atoms with Gasteiger partial charge in [0.05, 0.1) is 6.61 Å². The second-order valence-corrected chi connectivity index (χ2v) is 8.95. The molecule has 1 rings (SSSR count). The molecule has 0 aliphatic carbocycles. The van der Waals surface area contributed by atoms with Gasteiger partial charge in [0.15, 0.2) is 0 Å². The van der Waals surface area contributed by atoms with Crippen LogP contribution in [0.5, 0.6) is 5.75 Å². The minimum atomic E-state index is -3.75. The van der Waals surface area contributed by atoms with Crippen molar-refractivity contribution in [1.29, 1.82) is 0 Å². The lowest BCUT2D eigenvalue weighted by atomic mass is 10.0. The number of methoxy groups -OCH3 is 1. The van der Waals surface area contributed by atoms with Gasteiger partial charge in [0, 0.05) is 31.8 Å². The molecular weight excluding hydrogens is 399 g/mol. The molecule has 0 saturated heterocycles. The minimum absolute atomic E-state index is 0. The molecule has 152 valence electrons. The summed E-state index contributed by atoms with van der Waals surface area (Å²) < 4.78 is 37.9. The highest BCUT2D eigenvalue weighted by molar-refractivity contribution is 7.89. The Labute approximate surface area is 168 Å². The molecule has 2 atom stereocenters. The van der Waals surface area contributed by atoms with Crippen LogP contribution in [-0.4, -0.2) is 52.2 Å². The van der Waals surface area contributed by atoms with Crippen LogP contribution in [0.2, 0.25) is 5.02 Å². The molecule has 9 heteroatoms. The van der Waals surface area contributed by atoms with Gasteiger partial charge in [0.25, 0.3) is 0 Å². The van der Waals surface area contributed by atoms with Crippen molar-refractivity contribution in [2.75, 3.05) is 27.3 Å². The van der Waals surface area contributed by atoms with Crippen molar-refractivity contribution in [3.8, 4) is 5.75 Å². The summed E-state index contributed by atoms with van der Waals surface area (Å²) >= 11 is 6.01. The van der Waals surface area contributed by atoms with Crippen LogP contribution in [0.1, 0.15) is 27.2 Å². The Morgan fingerprint density at radius 1 is 1.27 bits per heavy atom. The van der Waals surface area contributed by atoms with Crippen LogP contribution >= 0.6 is 24.0 Å². The number of sulfonamides is 1. The number of hydrogen-bond acceptors (Lipinski definition) is 5. The highest BCUT2D eigenvalue weighted by atomic mass is 35.5. The highest BCUT2D eigenvalue weighted by Gasteiger charge is 2.26. The maximum Gasteiger partial charge on any atom is 0.246 e. The lowest BCUT2D eigenvalue weighted by Crippen LogP contribution is -2.35. The van der Waals surface area contributed by atoms with Crippen molar-refractivity contribution >= 4 is 34.0 Å². The van der Waals surface area contributed by atoms with Gasteiger partial charge in [-0.2, -0.15) is 0 Å². The summed E-state index contributed by atoms with van der Waals surface area (Å²) in [5.41, 5.74) is 6.02. The van der Waals surface area contributed by atoms with Crippen LogP contribution in [-0.2, 0) is 14.8 Å². The van der Waals surface area contributed by atoms with Crippen molar-refractivity contribution in [2.45, 2.75) is 44.2 Å². The first-order chi connectivity index (χ1) is 11.6. The minimum Gasteiger partial charge on any atom is -0.487 e. The van der Waals surface area contributed by atoms with Gasteiger partial charge in [0.2, 0.25) is 10.0 Å². The molecule has 0 spiro atoms. The standard InChI is InChI=1S/C17H29ClN2O4S.ClH/c1-12(2)15(19)8-9-20(4)25(21,22)17-10-14(18)6-7-16(17)24-13(3)11-23-5;/h6-7,10,12-13,15H,8-9,11,19H2,1-5H3;1H. The fourth-order valence-corrected chi connectivity index (χ4v) is 3.78. The zero-order valence-electron chi connectivity index (χ0n) is 15.9. The Morgan fingerprint density at radius 3 is 2.42 bits per heavy atom. The van der Waals surface area contributed by atoms with Crippen molar-refractivity contribution in [2.24, 2.45) is 11.7 Å². The average molecular weight is 429 g/mol. The number of rotatable bonds is 10. The molecule has 0 fully saturated rings. The molecule has 1 aromatic carbocycles. The maximum absolute atomic E-state index is 12.9. The third-order valence-corrected chi connectivity index (χ3v) is 6.07. The van der Waals surface area contributed by atoms with Gasteiger partial charge in [-0.05, 0) is 37.5 Å². The molecule has 0 saturated carbocycles. The van der Waals surface area contributed by atoms with E-state index < -0.39 is 10.0 Å². The third kappa shape index (κ3) is 7.21. The van der Waals surface area contributed by atoms with E-state index in [0.29, 0.717) is 24.6 Å². The van der Waals surface area contributed by atoms with Crippen LogP contribution in [0.15, 0.2) is 23.1 Å². The number of halogens is 2. The van der Waals surface area contributed by atoms with E-state index in [0.717, 1.165) is 0 Å². The molecule has 0 aliphatic rings. The Balaban J connectivity index is 0.00000625. The number of ether oxygens (including phenoxy) is 2. The van der Waals surface area contributed by atoms with E-state index in [1.54, 1.807) is 26.2 Å². The summed E-state index contributed by atoms with van der Waals surface area (Å²) in [6.45, 7) is 6.50. The lowest BCUT2D eigenvalue weighted by Gasteiger charge is -2.23. The Morgan fingerprint density at radius 2 is 1.88 bits per heavy atom. The molecule has 0 heterocycles. The molecule has 0 aromatic heterocycles. The van der Waals surface area contributed by atoms with Crippen LogP contribution in [0.3, 0.4) is 0 Å². The number of nitrogens with zero attached hydrogens (tertiary/aromatic N) is 1. The number of nitrogens with two attached hydrogens (primary N) is 1. The summed E-state index contributed by atoms with van der Waals surface area (Å²) in [6, 6.07) is 4.51. The maximum atomic E-state index is 12.9. The summed E-state index contributed by atoms with van der Waals surface area (Å²) in [7, 11) is -0.653. The van der Waals surface area contributed by atoms with Gasteiger partial charge >= 0.3 is 0 Å². The molecule has 0 bridgehead atoms. The van der Waals surface area contributed by atoms with E-state index in [9.17, 15) is 8.42 Å². The Bertz CT molecular complexity index is 656. The van der Waals surface area contributed by atoms with Crippen LogP contribution in [0.25, 0.3) is 0 Å². The van der Waals surface area contributed by atoms with Crippen LogP contribution < -0.4 is 10.5 Å². The van der Waals surface area contributed by atoms with Crippen molar-refractivity contribution in [3.63, 3.8) is 0 Å². The largest absolute Gasteiger partial charge is 0.487 e. The first kappa shape index (κ1) is 25.4. The zero-order valence-corrected chi connectivity index (χ0v) is 18.3. The van der Waals surface area contributed by atoms with Crippen molar-refractivity contribution < 1.29 is 17.9 Å². The molecule has 6 nitrogen and oxygen atoms in total. The van der Waals surface area contributed by atoms with Gasteiger partial charge in [-0.1, -0.05) is 25.4 Å². The van der Waals surface area contributed by atoms with Gasteiger partial charge in [-0.3, -0.25) is 0 Å². The van der Waals surface area contributed by atoms with Crippen molar-refractivity contribution in [1.82, 2.24) is 4.31 Å².